The lowest BCUT2D eigenvalue weighted by Crippen LogP contribution is -2.22. The summed E-state index contributed by atoms with van der Waals surface area (Å²) in [5, 5.41) is 8.30. The molecular weight excluding hydrogens is 276 g/mol. The van der Waals surface area contributed by atoms with Crippen molar-refractivity contribution in [2.45, 2.75) is 25.9 Å². The summed E-state index contributed by atoms with van der Waals surface area (Å²) in [5.41, 5.74) is 1.94. The van der Waals surface area contributed by atoms with Crippen molar-refractivity contribution in [1.29, 1.82) is 0 Å². The second-order valence-electron chi connectivity index (χ2n) is 4.44. The van der Waals surface area contributed by atoms with Gasteiger partial charge in [0.15, 0.2) is 5.75 Å². The molecule has 0 bridgehead atoms. The Bertz CT molecular complexity index is 570. The molecule has 2 rings (SSSR count). The minimum Gasteiger partial charge on any atom is -0.493 e. The van der Waals surface area contributed by atoms with Crippen LogP contribution in [0.5, 0.6) is 5.75 Å². The Hall–Kier alpha value is -1.59. The van der Waals surface area contributed by atoms with Crippen LogP contribution in [0.25, 0.3) is 0 Å². The first-order chi connectivity index (χ1) is 9.72. The molecule has 108 valence electrons. The quantitative estimate of drug-likeness (QED) is 0.890. The molecule has 0 aliphatic rings. The van der Waals surface area contributed by atoms with E-state index in [1.54, 1.807) is 25.7 Å². The van der Waals surface area contributed by atoms with E-state index < -0.39 is 0 Å². The van der Waals surface area contributed by atoms with E-state index in [4.69, 9.17) is 16.3 Å². The van der Waals surface area contributed by atoms with Crippen LogP contribution in [0.4, 0.5) is 0 Å². The second kappa shape index (κ2) is 6.72. The maximum absolute atomic E-state index is 6.27. The van der Waals surface area contributed by atoms with Crippen molar-refractivity contribution in [3.05, 3.63) is 40.9 Å². The summed E-state index contributed by atoms with van der Waals surface area (Å²) in [6.45, 7) is 2.95. The van der Waals surface area contributed by atoms with Gasteiger partial charge in [0.1, 0.15) is 5.69 Å². The number of nitrogens with zero attached hydrogens (tertiary/aromatic N) is 3. The molecule has 0 aliphatic heterocycles. The van der Waals surface area contributed by atoms with E-state index in [9.17, 15) is 0 Å². The zero-order valence-electron chi connectivity index (χ0n) is 11.9. The number of aryl methyl sites for hydroxylation is 1. The van der Waals surface area contributed by atoms with Crippen molar-refractivity contribution >= 4 is 11.6 Å². The number of halogens is 1. The maximum Gasteiger partial charge on any atom is 0.161 e. The number of nitrogens with one attached hydrogen (secondary N) is 1. The third kappa shape index (κ3) is 2.78. The molecular formula is C14H19ClN4O. The molecule has 1 unspecified atom stereocenters. The minimum absolute atomic E-state index is 0.0884. The van der Waals surface area contributed by atoms with Gasteiger partial charge in [-0.25, -0.2) is 0 Å². The molecule has 0 saturated heterocycles. The number of hydrogen-bond acceptors (Lipinski definition) is 4. The van der Waals surface area contributed by atoms with Crippen molar-refractivity contribution in [3.63, 3.8) is 0 Å². The maximum atomic E-state index is 6.27. The van der Waals surface area contributed by atoms with E-state index in [2.05, 4.69) is 22.3 Å². The molecule has 0 saturated carbocycles. The molecule has 0 radical (unpaired) electrons. The largest absolute Gasteiger partial charge is 0.493 e. The second-order valence-corrected chi connectivity index (χ2v) is 4.85. The molecule has 1 N–H and O–H groups in total. The van der Waals surface area contributed by atoms with Crippen molar-refractivity contribution in [2.24, 2.45) is 0 Å². The van der Waals surface area contributed by atoms with E-state index in [1.807, 2.05) is 17.8 Å². The van der Waals surface area contributed by atoms with Crippen LogP contribution in [0.1, 0.15) is 30.6 Å². The Morgan fingerprint density at radius 1 is 1.45 bits per heavy atom. The number of rotatable bonds is 6. The zero-order valence-corrected chi connectivity index (χ0v) is 12.7. The highest BCUT2D eigenvalue weighted by molar-refractivity contribution is 6.31. The predicted octanol–water partition coefficient (Wildman–Crippen LogP) is 2.66. The van der Waals surface area contributed by atoms with Crippen LogP contribution < -0.4 is 10.1 Å². The number of ether oxygens (including phenoxy) is 1. The van der Waals surface area contributed by atoms with E-state index >= 15 is 0 Å². The van der Waals surface area contributed by atoms with Gasteiger partial charge in [-0.3, -0.25) is 9.67 Å². The monoisotopic (exact) mass is 294 g/mol. The van der Waals surface area contributed by atoms with Gasteiger partial charge in [0.25, 0.3) is 0 Å². The summed E-state index contributed by atoms with van der Waals surface area (Å²) in [4.78, 5) is 4.03. The topological polar surface area (TPSA) is 52.0 Å². The molecule has 0 aliphatic carbocycles. The summed E-state index contributed by atoms with van der Waals surface area (Å²) in [6.07, 6.45) is 6.12. The van der Waals surface area contributed by atoms with Crippen LogP contribution in [-0.2, 0) is 6.54 Å². The van der Waals surface area contributed by atoms with Gasteiger partial charge in [-0.05, 0) is 25.1 Å². The highest BCUT2D eigenvalue weighted by Gasteiger charge is 2.23. The predicted molar refractivity (Wildman–Crippen MR) is 79.2 cm³/mol. The lowest BCUT2D eigenvalue weighted by Gasteiger charge is -2.20. The fourth-order valence-electron chi connectivity index (χ4n) is 2.28. The van der Waals surface area contributed by atoms with Crippen LogP contribution in [0.3, 0.4) is 0 Å². The van der Waals surface area contributed by atoms with Crippen molar-refractivity contribution in [3.8, 4) is 5.75 Å². The number of hydrogen-bond donors (Lipinski definition) is 1. The van der Waals surface area contributed by atoms with Gasteiger partial charge in [-0.15, -0.1) is 0 Å². The Morgan fingerprint density at radius 2 is 2.25 bits per heavy atom. The van der Waals surface area contributed by atoms with Crippen LogP contribution in [-0.4, -0.2) is 28.9 Å². The molecule has 5 nitrogen and oxygen atoms in total. The number of pyridine rings is 1. The summed E-state index contributed by atoms with van der Waals surface area (Å²) < 4.78 is 7.39. The lowest BCUT2D eigenvalue weighted by molar-refractivity contribution is 0.400. The van der Waals surface area contributed by atoms with Crippen molar-refractivity contribution in [2.75, 3.05) is 14.2 Å². The van der Waals surface area contributed by atoms with Crippen LogP contribution >= 0.6 is 11.6 Å². The van der Waals surface area contributed by atoms with Gasteiger partial charge in [0, 0.05) is 18.9 Å². The number of aromatic nitrogens is 3. The first-order valence-electron chi connectivity index (χ1n) is 6.59. The molecule has 0 fully saturated rings. The fourth-order valence-corrected chi connectivity index (χ4v) is 2.50. The molecule has 0 aromatic carbocycles. The first-order valence-corrected chi connectivity index (χ1v) is 6.97. The van der Waals surface area contributed by atoms with E-state index in [0.29, 0.717) is 5.02 Å². The SMILES string of the molecule is CCCn1ncc(OC)c1C(NC)c1ccncc1Cl. The first kappa shape index (κ1) is 14.8. The summed E-state index contributed by atoms with van der Waals surface area (Å²) in [5.74, 6) is 0.755. The molecule has 2 aromatic rings. The van der Waals surface area contributed by atoms with Crippen LogP contribution in [0.15, 0.2) is 24.7 Å². The van der Waals surface area contributed by atoms with E-state index in [0.717, 1.165) is 30.0 Å². The third-order valence-electron chi connectivity index (χ3n) is 3.18. The number of methoxy groups -OCH3 is 1. The van der Waals surface area contributed by atoms with Gasteiger partial charge in [-0.2, -0.15) is 5.10 Å². The normalized spacial score (nSPS) is 12.4. The van der Waals surface area contributed by atoms with E-state index in [-0.39, 0.29) is 6.04 Å². The summed E-state index contributed by atoms with van der Waals surface area (Å²) >= 11 is 6.27. The fraction of sp³-hybridized carbons (Fsp3) is 0.429. The minimum atomic E-state index is -0.0884. The van der Waals surface area contributed by atoms with Gasteiger partial charge in [0.05, 0.1) is 24.4 Å². The molecule has 0 spiro atoms. The smallest absolute Gasteiger partial charge is 0.161 e. The molecule has 0 amide bonds. The van der Waals surface area contributed by atoms with Gasteiger partial charge < -0.3 is 10.1 Å². The highest BCUT2D eigenvalue weighted by Crippen LogP contribution is 2.32. The van der Waals surface area contributed by atoms with Crippen LogP contribution in [0, 0.1) is 0 Å². The summed E-state index contributed by atoms with van der Waals surface area (Å²) in [7, 11) is 3.54. The summed E-state index contributed by atoms with van der Waals surface area (Å²) in [6, 6.07) is 1.82. The van der Waals surface area contributed by atoms with Crippen LogP contribution in [0.2, 0.25) is 5.02 Å². The highest BCUT2D eigenvalue weighted by atomic mass is 35.5. The van der Waals surface area contributed by atoms with Gasteiger partial charge in [0.2, 0.25) is 0 Å². The Kier molecular flexibility index (Phi) is 4.98. The van der Waals surface area contributed by atoms with Gasteiger partial charge >= 0.3 is 0 Å². The average Bonchev–Trinajstić information content (AvgIpc) is 2.85. The lowest BCUT2D eigenvalue weighted by atomic mass is 10.0. The Balaban J connectivity index is 2.51. The Labute approximate surface area is 123 Å². The molecule has 1 atom stereocenters. The standard InChI is InChI=1S/C14H19ClN4O/c1-4-7-19-14(12(20-3)9-18-19)13(16-2)10-5-6-17-8-11(10)15/h5-6,8-9,13,16H,4,7H2,1-3H3. The van der Waals surface area contributed by atoms with Crippen molar-refractivity contribution in [1.82, 2.24) is 20.1 Å². The van der Waals surface area contributed by atoms with E-state index in [1.165, 1.54) is 0 Å². The zero-order chi connectivity index (χ0) is 14.5. The molecule has 2 aromatic heterocycles. The average molecular weight is 295 g/mol. The Morgan fingerprint density at radius 3 is 2.85 bits per heavy atom. The molecule has 20 heavy (non-hydrogen) atoms. The molecule has 6 heteroatoms. The molecule has 2 heterocycles. The van der Waals surface area contributed by atoms with Gasteiger partial charge in [-0.1, -0.05) is 18.5 Å². The van der Waals surface area contributed by atoms with Crippen molar-refractivity contribution < 1.29 is 4.74 Å². The third-order valence-corrected chi connectivity index (χ3v) is 3.49.